The molecule has 0 bridgehead atoms. The molecule has 0 spiro atoms. The number of methoxy groups -OCH3 is 1. The number of hydrogen-bond acceptors (Lipinski definition) is 6. The molecule has 0 aliphatic carbocycles. The number of hydrogen-bond donors (Lipinski definition) is 1. The van der Waals surface area contributed by atoms with Gasteiger partial charge in [0, 0.05) is 52.4 Å². The summed E-state index contributed by atoms with van der Waals surface area (Å²) in [4.78, 5) is 32.6. The van der Waals surface area contributed by atoms with E-state index in [1.807, 2.05) is 23.1 Å². The summed E-state index contributed by atoms with van der Waals surface area (Å²) < 4.78 is 6.48. The molecule has 1 aliphatic rings. The molecule has 1 N–H and O–H groups in total. The Hall–Kier alpha value is -2.78. The monoisotopic (exact) mass is 386 g/mol. The number of aryl methyl sites for hydroxylation is 1. The largest absolute Gasteiger partial charge is 0.375 e. The van der Waals surface area contributed by atoms with Crippen LogP contribution >= 0.6 is 0 Å². The van der Waals surface area contributed by atoms with Crippen LogP contribution in [0.15, 0.2) is 30.6 Å². The highest BCUT2D eigenvalue weighted by molar-refractivity contribution is 6.03. The van der Waals surface area contributed by atoms with Crippen LogP contribution < -0.4 is 5.32 Å². The second-order valence-corrected chi connectivity index (χ2v) is 6.84. The zero-order valence-corrected chi connectivity index (χ0v) is 16.3. The number of ether oxygens (including phenoxy) is 1. The van der Waals surface area contributed by atoms with Crippen molar-refractivity contribution >= 4 is 17.8 Å². The third-order valence-electron chi connectivity index (χ3n) is 4.63. The highest BCUT2D eigenvalue weighted by Gasteiger charge is 2.19. The van der Waals surface area contributed by atoms with Gasteiger partial charge in [0.2, 0.25) is 11.9 Å². The van der Waals surface area contributed by atoms with Crippen molar-refractivity contribution in [2.75, 3.05) is 45.2 Å². The lowest BCUT2D eigenvalue weighted by atomic mass is 10.1. The zero-order valence-electron chi connectivity index (χ0n) is 16.3. The van der Waals surface area contributed by atoms with Crippen LogP contribution in [0.3, 0.4) is 0 Å². The lowest BCUT2D eigenvalue weighted by Gasteiger charge is -2.22. The van der Waals surface area contributed by atoms with Gasteiger partial charge < -0.3 is 9.64 Å². The predicted octanol–water partition coefficient (Wildman–Crippen LogP) is 0.748. The summed E-state index contributed by atoms with van der Waals surface area (Å²) in [5.74, 6) is 0.0811. The Labute approximate surface area is 164 Å². The Kier molecular flexibility index (Phi) is 6.72. The summed E-state index contributed by atoms with van der Waals surface area (Å²) in [5, 5.41) is 6.76. The van der Waals surface area contributed by atoms with Gasteiger partial charge in [-0.1, -0.05) is 12.1 Å². The summed E-state index contributed by atoms with van der Waals surface area (Å²) in [6, 6.07) is 7.54. The highest BCUT2D eigenvalue weighted by Crippen LogP contribution is 2.12. The van der Waals surface area contributed by atoms with Crippen molar-refractivity contribution in [3.05, 3.63) is 41.7 Å². The lowest BCUT2D eigenvalue weighted by Crippen LogP contribution is -2.37. The molecule has 150 valence electrons. The first-order valence-electron chi connectivity index (χ1n) is 9.30. The van der Waals surface area contributed by atoms with Crippen molar-refractivity contribution in [3.8, 4) is 0 Å². The Morgan fingerprint density at radius 2 is 2.07 bits per heavy atom. The van der Waals surface area contributed by atoms with Gasteiger partial charge in [-0.25, -0.2) is 4.98 Å². The summed E-state index contributed by atoms with van der Waals surface area (Å²) in [6.45, 7) is 4.00. The Morgan fingerprint density at radius 1 is 1.21 bits per heavy atom. The Bertz CT molecular complexity index is 822. The number of aromatic nitrogens is 3. The molecule has 0 radical (unpaired) electrons. The molecule has 1 fully saturated rings. The molecule has 1 aliphatic heterocycles. The van der Waals surface area contributed by atoms with E-state index >= 15 is 0 Å². The maximum Gasteiger partial charge on any atom is 0.258 e. The van der Waals surface area contributed by atoms with Gasteiger partial charge in [0.25, 0.3) is 5.91 Å². The summed E-state index contributed by atoms with van der Waals surface area (Å²) >= 11 is 0. The number of nitrogens with zero attached hydrogens (tertiary/aromatic N) is 5. The fourth-order valence-electron chi connectivity index (χ4n) is 3.23. The summed E-state index contributed by atoms with van der Waals surface area (Å²) in [7, 11) is 3.28. The van der Waals surface area contributed by atoms with Crippen LogP contribution in [-0.2, 0) is 23.1 Å². The van der Waals surface area contributed by atoms with Gasteiger partial charge in [0.15, 0.2) is 0 Å². The first kappa shape index (κ1) is 20.0. The zero-order chi connectivity index (χ0) is 19.9. The first-order chi connectivity index (χ1) is 13.5. The smallest absolute Gasteiger partial charge is 0.258 e. The van der Waals surface area contributed by atoms with Crippen LogP contribution in [0.4, 0.5) is 5.95 Å². The van der Waals surface area contributed by atoms with Gasteiger partial charge >= 0.3 is 0 Å². The molecule has 1 aromatic heterocycles. The molecule has 0 atom stereocenters. The summed E-state index contributed by atoms with van der Waals surface area (Å²) in [5.41, 5.74) is 1.62. The number of benzene rings is 1. The molecular formula is C19H26N6O3. The standard InChI is InChI=1S/C19H26N6O3/c1-23-14-20-19(22-23)21-18(27)16-6-3-5-15(11-16)12-24-7-4-8-25(10-9-24)17(26)13-28-2/h3,5-6,11,14H,4,7-10,12-13H2,1-2H3,(H,21,22,27). The van der Waals surface area contributed by atoms with Gasteiger partial charge in [0.05, 0.1) is 0 Å². The van der Waals surface area contributed by atoms with Crippen LogP contribution in [0.5, 0.6) is 0 Å². The van der Waals surface area contributed by atoms with Crippen LogP contribution in [0.2, 0.25) is 0 Å². The molecule has 0 unspecified atom stereocenters. The van der Waals surface area contributed by atoms with E-state index in [0.717, 1.165) is 38.2 Å². The van der Waals surface area contributed by atoms with Crippen LogP contribution in [-0.4, -0.2) is 76.3 Å². The van der Waals surface area contributed by atoms with Crippen molar-refractivity contribution in [2.45, 2.75) is 13.0 Å². The average Bonchev–Trinajstić information content (AvgIpc) is 2.94. The van der Waals surface area contributed by atoms with E-state index in [2.05, 4.69) is 20.3 Å². The average molecular weight is 386 g/mol. The van der Waals surface area contributed by atoms with E-state index < -0.39 is 0 Å². The van der Waals surface area contributed by atoms with Crippen molar-refractivity contribution in [1.29, 1.82) is 0 Å². The van der Waals surface area contributed by atoms with E-state index in [0.29, 0.717) is 12.1 Å². The Balaban J connectivity index is 1.58. The molecule has 1 saturated heterocycles. The number of amides is 2. The Morgan fingerprint density at radius 3 is 2.82 bits per heavy atom. The third-order valence-corrected chi connectivity index (χ3v) is 4.63. The molecule has 3 rings (SSSR count). The summed E-state index contributed by atoms with van der Waals surface area (Å²) in [6.07, 6.45) is 2.45. The van der Waals surface area contributed by atoms with E-state index in [4.69, 9.17) is 4.74 Å². The number of anilines is 1. The van der Waals surface area contributed by atoms with Gasteiger partial charge in [0.1, 0.15) is 12.9 Å². The molecule has 2 amide bonds. The fraction of sp³-hybridized carbons (Fsp3) is 0.474. The first-order valence-corrected chi connectivity index (χ1v) is 9.30. The molecule has 1 aromatic carbocycles. The SMILES string of the molecule is COCC(=O)N1CCCN(Cc2cccc(C(=O)Nc3ncn(C)n3)c2)CC1. The van der Waals surface area contributed by atoms with Crippen molar-refractivity contribution in [2.24, 2.45) is 7.05 Å². The van der Waals surface area contributed by atoms with Crippen molar-refractivity contribution in [3.63, 3.8) is 0 Å². The predicted molar refractivity (Wildman–Crippen MR) is 104 cm³/mol. The van der Waals surface area contributed by atoms with Crippen molar-refractivity contribution in [1.82, 2.24) is 24.6 Å². The quantitative estimate of drug-likeness (QED) is 0.788. The van der Waals surface area contributed by atoms with E-state index in [1.54, 1.807) is 13.1 Å². The third kappa shape index (κ3) is 5.37. The molecular weight excluding hydrogens is 360 g/mol. The molecule has 0 saturated carbocycles. The van der Waals surface area contributed by atoms with Gasteiger partial charge in [-0.05, 0) is 24.1 Å². The second-order valence-electron chi connectivity index (χ2n) is 6.84. The van der Waals surface area contributed by atoms with Gasteiger partial charge in [-0.2, -0.15) is 0 Å². The number of rotatable bonds is 6. The molecule has 2 aromatic rings. The number of carbonyl (C=O) groups excluding carboxylic acids is 2. The van der Waals surface area contributed by atoms with Crippen LogP contribution in [0.1, 0.15) is 22.3 Å². The second kappa shape index (κ2) is 9.43. The maximum absolute atomic E-state index is 12.4. The van der Waals surface area contributed by atoms with E-state index in [-0.39, 0.29) is 24.4 Å². The van der Waals surface area contributed by atoms with Crippen LogP contribution in [0.25, 0.3) is 0 Å². The fourth-order valence-corrected chi connectivity index (χ4v) is 3.23. The topological polar surface area (TPSA) is 92.6 Å². The van der Waals surface area contributed by atoms with Gasteiger partial charge in [-0.3, -0.25) is 24.5 Å². The molecule has 9 heteroatoms. The van der Waals surface area contributed by atoms with E-state index in [9.17, 15) is 9.59 Å². The highest BCUT2D eigenvalue weighted by atomic mass is 16.5. The molecule has 28 heavy (non-hydrogen) atoms. The van der Waals surface area contributed by atoms with Crippen molar-refractivity contribution < 1.29 is 14.3 Å². The number of nitrogens with one attached hydrogen (secondary N) is 1. The van der Waals surface area contributed by atoms with Crippen LogP contribution in [0, 0.1) is 0 Å². The minimum absolute atomic E-state index is 0.0335. The molecule has 2 heterocycles. The normalized spacial score (nSPS) is 15.3. The van der Waals surface area contributed by atoms with E-state index in [1.165, 1.54) is 18.1 Å². The molecule has 9 nitrogen and oxygen atoms in total. The van der Waals surface area contributed by atoms with Gasteiger partial charge in [-0.15, -0.1) is 5.10 Å². The number of carbonyl (C=O) groups is 2. The lowest BCUT2D eigenvalue weighted by molar-refractivity contribution is -0.135. The minimum Gasteiger partial charge on any atom is -0.375 e. The minimum atomic E-state index is -0.236. The maximum atomic E-state index is 12.4.